The molecule has 1 atom stereocenters. The van der Waals surface area contributed by atoms with E-state index in [1.165, 1.54) is 12.8 Å². The number of hydrogen-bond donors (Lipinski definition) is 1. The Kier molecular flexibility index (Phi) is 4.38. The highest BCUT2D eigenvalue weighted by molar-refractivity contribution is 5.44. The van der Waals surface area contributed by atoms with Crippen LogP contribution in [0.3, 0.4) is 0 Å². The Balaban J connectivity index is 1.78. The molecule has 2 saturated heterocycles. The van der Waals surface area contributed by atoms with Crippen LogP contribution < -0.4 is 15.5 Å². The van der Waals surface area contributed by atoms with Gasteiger partial charge in [0.15, 0.2) is 0 Å². The van der Waals surface area contributed by atoms with Crippen molar-refractivity contribution < 1.29 is 4.74 Å². The molecule has 3 heterocycles. The van der Waals surface area contributed by atoms with Gasteiger partial charge in [0.25, 0.3) is 0 Å². The van der Waals surface area contributed by atoms with Crippen LogP contribution in [0.25, 0.3) is 0 Å². The van der Waals surface area contributed by atoms with Gasteiger partial charge in [0, 0.05) is 32.8 Å². The minimum atomic E-state index is 0.276. The fraction of sp³-hybridized carbons (Fsp3) is 0.786. The molecule has 0 aromatic carbocycles. The van der Waals surface area contributed by atoms with Crippen molar-refractivity contribution in [2.75, 3.05) is 48.3 Å². The van der Waals surface area contributed by atoms with E-state index in [0.29, 0.717) is 17.8 Å². The first kappa shape index (κ1) is 14.3. The lowest BCUT2D eigenvalue weighted by molar-refractivity contribution is 0.115. The van der Waals surface area contributed by atoms with Crippen molar-refractivity contribution in [3.8, 4) is 0 Å². The maximum absolute atomic E-state index is 5.88. The molecule has 2 N–H and O–H groups in total. The molecule has 7 heteroatoms. The average molecular weight is 292 g/mol. The third-order valence-corrected chi connectivity index (χ3v) is 4.13. The molecule has 2 fully saturated rings. The lowest BCUT2D eigenvalue weighted by Crippen LogP contribution is -2.34. The summed E-state index contributed by atoms with van der Waals surface area (Å²) in [7, 11) is 0. The van der Waals surface area contributed by atoms with Crippen molar-refractivity contribution in [3.63, 3.8) is 0 Å². The number of ether oxygens (including phenoxy) is 1. The van der Waals surface area contributed by atoms with Crippen LogP contribution in [0.15, 0.2) is 0 Å². The number of aromatic nitrogens is 3. The van der Waals surface area contributed by atoms with E-state index in [-0.39, 0.29) is 6.10 Å². The first-order chi connectivity index (χ1) is 10.3. The van der Waals surface area contributed by atoms with Crippen molar-refractivity contribution >= 4 is 17.8 Å². The molecule has 0 radical (unpaired) electrons. The molecule has 116 valence electrons. The number of rotatable bonds is 5. The van der Waals surface area contributed by atoms with E-state index in [9.17, 15) is 0 Å². The fourth-order valence-electron chi connectivity index (χ4n) is 2.96. The lowest BCUT2D eigenvalue weighted by atomic mass is 10.2. The summed E-state index contributed by atoms with van der Waals surface area (Å²) in [5, 5.41) is 0. The Morgan fingerprint density at radius 1 is 1.24 bits per heavy atom. The second kappa shape index (κ2) is 6.43. The molecule has 2 aliphatic rings. The lowest BCUT2D eigenvalue weighted by Gasteiger charge is -2.25. The number of nitrogen functional groups attached to an aromatic ring is 1. The number of hydrogen-bond acceptors (Lipinski definition) is 7. The van der Waals surface area contributed by atoms with Crippen LogP contribution in [0.4, 0.5) is 17.8 Å². The molecule has 0 spiro atoms. The third-order valence-electron chi connectivity index (χ3n) is 4.13. The maximum Gasteiger partial charge on any atom is 0.232 e. The second-order valence-electron chi connectivity index (χ2n) is 5.66. The summed E-state index contributed by atoms with van der Waals surface area (Å²) in [6.07, 6.45) is 4.90. The van der Waals surface area contributed by atoms with Crippen LogP contribution in [0.2, 0.25) is 0 Å². The van der Waals surface area contributed by atoms with Crippen molar-refractivity contribution in [3.05, 3.63) is 0 Å². The van der Waals surface area contributed by atoms with Gasteiger partial charge in [-0.3, -0.25) is 0 Å². The summed E-state index contributed by atoms with van der Waals surface area (Å²) in [5.74, 6) is 1.68. The minimum Gasteiger partial charge on any atom is -0.376 e. The highest BCUT2D eigenvalue weighted by atomic mass is 16.5. The summed E-state index contributed by atoms with van der Waals surface area (Å²) >= 11 is 0. The van der Waals surface area contributed by atoms with Crippen molar-refractivity contribution in [1.82, 2.24) is 15.0 Å². The van der Waals surface area contributed by atoms with E-state index in [1.807, 2.05) is 0 Å². The van der Waals surface area contributed by atoms with Gasteiger partial charge in [0.1, 0.15) is 0 Å². The zero-order valence-electron chi connectivity index (χ0n) is 12.7. The van der Waals surface area contributed by atoms with Crippen LogP contribution in [-0.2, 0) is 4.74 Å². The van der Waals surface area contributed by atoms with Crippen molar-refractivity contribution in [2.45, 2.75) is 38.7 Å². The van der Waals surface area contributed by atoms with Gasteiger partial charge >= 0.3 is 0 Å². The predicted octanol–water partition coefficient (Wildman–Crippen LogP) is 1.06. The summed E-state index contributed by atoms with van der Waals surface area (Å²) in [6.45, 7) is 6.62. The van der Waals surface area contributed by atoms with E-state index in [0.717, 1.165) is 45.6 Å². The largest absolute Gasteiger partial charge is 0.376 e. The molecule has 0 aliphatic carbocycles. The summed E-state index contributed by atoms with van der Waals surface area (Å²) < 4.78 is 5.71. The molecule has 3 rings (SSSR count). The Bertz CT molecular complexity index is 471. The number of anilines is 3. The zero-order valence-corrected chi connectivity index (χ0v) is 12.7. The van der Waals surface area contributed by atoms with Crippen LogP contribution in [0.1, 0.15) is 32.6 Å². The van der Waals surface area contributed by atoms with Crippen molar-refractivity contribution in [1.29, 1.82) is 0 Å². The molecule has 7 nitrogen and oxygen atoms in total. The van der Waals surface area contributed by atoms with Crippen LogP contribution in [0.5, 0.6) is 0 Å². The van der Waals surface area contributed by atoms with Crippen LogP contribution in [-0.4, -0.2) is 53.8 Å². The zero-order chi connectivity index (χ0) is 14.7. The van der Waals surface area contributed by atoms with Gasteiger partial charge in [-0.05, 0) is 32.6 Å². The van der Waals surface area contributed by atoms with Gasteiger partial charge in [-0.1, -0.05) is 0 Å². The average Bonchev–Trinajstić information content (AvgIpc) is 3.17. The normalized spacial score (nSPS) is 22.0. The Morgan fingerprint density at radius 3 is 2.71 bits per heavy atom. The monoisotopic (exact) mass is 292 g/mol. The SMILES string of the molecule is CCN(CC1CCCO1)c1nc(N)nc(N2CCCC2)n1. The highest BCUT2D eigenvalue weighted by Gasteiger charge is 2.22. The fourth-order valence-corrected chi connectivity index (χ4v) is 2.96. The van der Waals surface area contributed by atoms with E-state index in [4.69, 9.17) is 10.5 Å². The first-order valence-corrected chi connectivity index (χ1v) is 7.89. The molecule has 0 bridgehead atoms. The second-order valence-corrected chi connectivity index (χ2v) is 5.66. The summed E-state index contributed by atoms with van der Waals surface area (Å²) in [5.41, 5.74) is 5.88. The summed E-state index contributed by atoms with van der Waals surface area (Å²) in [6, 6.07) is 0. The van der Waals surface area contributed by atoms with Crippen molar-refractivity contribution in [2.24, 2.45) is 0 Å². The van der Waals surface area contributed by atoms with E-state index >= 15 is 0 Å². The number of likely N-dealkylation sites (N-methyl/N-ethyl adjacent to an activating group) is 1. The minimum absolute atomic E-state index is 0.276. The molecule has 1 aromatic rings. The number of nitrogens with two attached hydrogens (primary N) is 1. The Labute approximate surface area is 125 Å². The molecule has 21 heavy (non-hydrogen) atoms. The standard InChI is InChI=1S/C14H24N6O/c1-2-19(10-11-6-5-9-21-11)13-16-12(15)17-14(18-13)20-7-3-4-8-20/h11H,2-10H2,1H3,(H2,15,16,17,18). The predicted molar refractivity (Wildman–Crippen MR) is 82.5 cm³/mol. The van der Waals surface area contributed by atoms with Gasteiger partial charge in [-0.25, -0.2) is 0 Å². The summed E-state index contributed by atoms with van der Waals surface area (Å²) in [4.78, 5) is 17.5. The Hall–Kier alpha value is -1.63. The maximum atomic E-state index is 5.88. The molecule has 0 saturated carbocycles. The highest BCUT2D eigenvalue weighted by Crippen LogP contribution is 2.21. The quantitative estimate of drug-likeness (QED) is 0.869. The topological polar surface area (TPSA) is 80.4 Å². The molecule has 0 amide bonds. The van der Waals surface area contributed by atoms with Crippen LogP contribution in [0, 0.1) is 0 Å². The van der Waals surface area contributed by atoms with Gasteiger partial charge in [-0.2, -0.15) is 15.0 Å². The molecular weight excluding hydrogens is 268 g/mol. The molecule has 1 unspecified atom stereocenters. The van der Waals surface area contributed by atoms with Gasteiger partial charge in [0.05, 0.1) is 6.10 Å². The van der Waals surface area contributed by atoms with Gasteiger partial charge in [0.2, 0.25) is 17.8 Å². The molecular formula is C14H24N6O. The van der Waals surface area contributed by atoms with Gasteiger partial charge in [-0.15, -0.1) is 0 Å². The molecule has 2 aliphatic heterocycles. The van der Waals surface area contributed by atoms with E-state index in [2.05, 4.69) is 31.7 Å². The number of nitrogens with zero attached hydrogens (tertiary/aromatic N) is 5. The Morgan fingerprint density at radius 2 is 2.05 bits per heavy atom. The molecule has 1 aromatic heterocycles. The smallest absolute Gasteiger partial charge is 0.232 e. The van der Waals surface area contributed by atoms with Crippen LogP contribution >= 0.6 is 0 Å². The van der Waals surface area contributed by atoms with E-state index in [1.54, 1.807) is 0 Å². The van der Waals surface area contributed by atoms with E-state index < -0.39 is 0 Å². The third kappa shape index (κ3) is 3.34. The van der Waals surface area contributed by atoms with Gasteiger partial charge < -0.3 is 20.3 Å². The first-order valence-electron chi connectivity index (χ1n) is 7.89.